The molecule has 0 aromatic heterocycles. The Bertz CT molecular complexity index is 178. The molecule has 1 aliphatic rings. The van der Waals surface area contributed by atoms with Crippen LogP contribution in [0.2, 0.25) is 0 Å². The molecule has 0 aromatic carbocycles. The predicted octanol–water partition coefficient (Wildman–Crippen LogP) is 0.123. The molecular weight excluding hydrogens is 150 g/mol. The second kappa shape index (κ2) is 2.34. The van der Waals surface area contributed by atoms with Crippen LogP contribution in [0, 0.1) is 0 Å². The first-order chi connectivity index (χ1) is 4.55. The van der Waals surface area contributed by atoms with Crippen LogP contribution in [0.5, 0.6) is 0 Å². The Morgan fingerprint density at radius 2 is 2.40 bits per heavy atom. The minimum atomic E-state index is -0.491. The van der Waals surface area contributed by atoms with Gasteiger partial charge in [0.2, 0.25) is 0 Å². The van der Waals surface area contributed by atoms with Gasteiger partial charge in [-0.3, -0.25) is 10.7 Å². The van der Waals surface area contributed by atoms with Gasteiger partial charge in [0.05, 0.1) is 0 Å². The highest BCUT2D eigenvalue weighted by molar-refractivity contribution is 8.04. The lowest BCUT2D eigenvalue weighted by molar-refractivity contribution is 0.209. The maximum Gasteiger partial charge on any atom is 0.137 e. The van der Waals surface area contributed by atoms with Gasteiger partial charge in [0.1, 0.15) is 10.0 Å². The van der Waals surface area contributed by atoms with Crippen LogP contribution in [0.25, 0.3) is 0 Å². The molecule has 0 bridgehead atoms. The van der Waals surface area contributed by atoms with Crippen molar-refractivity contribution in [2.24, 2.45) is 5.73 Å². The number of nitrogens with two attached hydrogens (primary N) is 1. The third kappa shape index (κ3) is 1.36. The molecule has 1 heterocycles. The van der Waals surface area contributed by atoms with Gasteiger partial charge in [-0.15, -0.1) is 0 Å². The quantitative estimate of drug-likeness (QED) is 0.411. The maximum atomic E-state index is 8.54. The molecule has 0 radical (unpaired) electrons. The van der Waals surface area contributed by atoms with E-state index in [0.29, 0.717) is 5.03 Å². The standard InChI is InChI=1S/C5H11N3OS/c1-3-4(8-9)10-5(2,6)7-3/h7-9H,6H2,1-2H3. The van der Waals surface area contributed by atoms with E-state index in [1.165, 1.54) is 11.8 Å². The summed E-state index contributed by atoms with van der Waals surface area (Å²) in [5, 5.41) is 12.2. The van der Waals surface area contributed by atoms with Gasteiger partial charge in [0.25, 0.3) is 0 Å². The SMILES string of the molecule is CC1=C(NO)SC(C)(N)N1. The first-order valence-corrected chi connectivity index (χ1v) is 3.74. The van der Waals surface area contributed by atoms with Gasteiger partial charge in [-0.1, -0.05) is 11.8 Å². The Morgan fingerprint density at radius 1 is 1.80 bits per heavy atom. The van der Waals surface area contributed by atoms with Crippen molar-refractivity contribution in [1.82, 2.24) is 10.8 Å². The van der Waals surface area contributed by atoms with Gasteiger partial charge in [0.15, 0.2) is 0 Å². The minimum Gasteiger partial charge on any atom is -0.360 e. The molecule has 5 heteroatoms. The zero-order chi connectivity index (χ0) is 7.78. The Kier molecular flexibility index (Phi) is 1.80. The van der Waals surface area contributed by atoms with Crippen LogP contribution in [0.1, 0.15) is 13.8 Å². The van der Waals surface area contributed by atoms with Crippen LogP contribution < -0.4 is 16.5 Å². The molecule has 58 valence electrons. The largest absolute Gasteiger partial charge is 0.360 e. The highest BCUT2D eigenvalue weighted by Crippen LogP contribution is 2.31. The van der Waals surface area contributed by atoms with Crippen molar-refractivity contribution in [3.8, 4) is 0 Å². The predicted molar refractivity (Wildman–Crippen MR) is 40.9 cm³/mol. The molecule has 10 heavy (non-hydrogen) atoms. The number of thioether (sulfide) groups is 1. The van der Waals surface area contributed by atoms with E-state index in [1.807, 2.05) is 13.8 Å². The topological polar surface area (TPSA) is 70.3 Å². The van der Waals surface area contributed by atoms with Crippen molar-refractivity contribution < 1.29 is 5.21 Å². The molecule has 0 saturated heterocycles. The van der Waals surface area contributed by atoms with E-state index in [-0.39, 0.29) is 0 Å². The summed E-state index contributed by atoms with van der Waals surface area (Å²) < 4.78 is 0. The molecule has 5 N–H and O–H groups in total. The van der Waals surface area contributed by atoms with Gasteiger partial charge in [0, 0.05) is 5.70 Å². The van der Waals surface area contributed by atoms with Crippen molar-refractivity contribution in [1.29, 1.82) is 0 Å². The van der Waals surface area contributed by atoms with E-state index in [1.54, 1.807) is 0 Å². The number of hydrogen-bond acceptors (Lipinski definition) is 5. The van der Waals surface area contributed by atoms with Crippen molar-refractivity contribution in [3.63, 3.8) is 0 Å². The van der Waals surface area contributed by atoms with E-state index in [0.717, 1.165) is 5.70 Å². The van der Waals surface area contributed by atoms with Crippen molar-refractivity contribution in [2.45, 2.75) is 18.8 Å². The molecule has 0 aliphatic carbocycles. The van der Waals surface area contributed by atoms with E-state index in [9.17, 15) is 0 Å². The molecule has 0 aromatic rings. The molecule has 1 rings (SSSR count). The Hall–Kier alpha value is -0.390. The molecule has 1 atom stereocenters. The van der Waals surface area contributed by atoms with Crippen LogP contribution in [0.4, 0.5) is 0 Å². The van der Waals surface area contributed by atoms with Crippen molar-refractivity contribution in [3.05, 3.63) is 10.7 Å². The summed E-state index contributed by atoms with van der Waals surface area (Å²) >= 11 is 1.36. The number of nitrogens with one attached hydrogen (secondary N) is 2. The van der Waals surface area contributed by atoms with E-state index < -0.39 is 4.99 Å². The lowest BCUT2D eigenvalue weighted by atomic mass is 10.5. The van der Waals surface area contributed by atoms with Crippen molar-refractivity contribution >= 4 is 11.8 Å². The molecule has 0 fully saturated rings. The lowest BCUT2D eigenvalue weighted by Gasteiger charge is -2.17. The third-order valence-electron chi connectivity index (χ3n) is 1.19. The van der Waals surface area contributed by atoms with E-state index in [2.05, 4.69) is 10.8 Å². The first kappa shape index (κ1) is 7.71. The third-order valence-corrected chi connectivity index (χ3v) is 2.32. The minimum absolute atomic E-state index is 0.491. The number of rotatable bonds is 1. The Balaban J connectivity index is 2.68. The van der Waals surface area contributed by atoms with E-state index in [4.69, 9.17) is 10.9 Å². The van der Waals surface area contributed by atoms with Crippen LogP contribution >= 0.6 is 11.8 Å². The molecule has 0 spiro atoms. The molecular formula is C5H11N3OS. The van der Waals surface area contributed by atoms with Gasteiger partial charge < -0.3 is 11.1 Å². The molecule has 0 amide bonds. The number of allylic oxidation sites excluding steroid dienone is 1. The second-order valence-corrected chi connectivity index (χ2v) is 3.86. The fourth-order valence-corrected chi connectivity index (χ4v) is 1.73. The van der Waals surface area contributed by atoms with E-state index >= 15 is 0 Å². The summed E-state index contributed by atoms with van der Waals surface area (Å²) in [4.78, 5) is -0.491. The highest BCUT2D eigenvalue weighted by Gasteiger charge is 2.28. The monoisotopic (exact) mass is 161 g/mol. The van der Waals surface area contributed by atoms with Crippen molar-refractivity contribution in [2.75, 3.05) is 0 Å². The summed E-state index contributed by atoms with van der Waals surface area (Å²) in [5.41, 5.74) is 8.64. The Morgan fingerprint density at radius 3 is 2.60 bits per heavy atom. The van der Waals surface area contributed by atoms with Gasteiger partial charge >= 0.3 is 0 Å². The summed E-state index contributed by atoms with van der Waals surface area (Å²) in [6.45, 7) is 3.69. The second-order valence-electron chi connectivity index (χ2n) is 2.40. The number of hydroxylamine groups is 1. The maximum absolute atomic E-state index is 8.54. The highest BCUT2D eigenvalue weighted by atomic mass is 32.2. The van der Waals surface area contributed by atoms with Gasteiger partial charge in [-0.05, 0) is 13.8 Å². The average Bonchev–Trinajstić information content (AvgIpc) is 2.05. The summed E-state index contributed by atoms with van der Waals surface area (Å²) in [5.74, 6) is 0. The van der Waals surface area contributed by atoms with Crippen LogP contribution in [-0.2, 0) is 0 Å². The molecule has 4 nitrogen and oxygen atoms in total. The first-order valence-electron chi connectivity index (χ1n) is 2.92. The fraction of sp³-hybridized carbons (Fsp3) is 0.600. The summed E-state index contributed by atoms with van der Waals surface area (Å²) in [7, 11) is 0. The normalized spacial score (nSPS) is 32.4. The van der Waals surface area contributed by atoms with Gasteiger partial charge in [-0.2, -0.15) is 0 Å². The lowest BCUT2D eigenvalue weighted by Crippen LogP contribution is -2.43. The van der Waals surface area contributed by atoms with Gasteiger partial charge in [-0.25, -0.2) is 0 Å². The summed E-state index contributed by atoms with van der Waals surface area (Å²) in [6.07, 6.45) is 0. The smallest absolute Gasteiger partial charge is 0.137 e. The fourth-order valence-electron chi connectivity index (χ4n) is 0.850. The van der Waals surface area contributed by atoms with Crippen LogP contribution in [0.3, 0.4) is 0 Å². The van der Waals surface area contributed by atoms with Crippen LogP contribution in [0.15, 0.2) is 10.7 Å². The van der Waals surface area contributed by atoms with Crippen LogP contribution in [-0.4, -0.2) is 10.2 Å². The molecule has 0 saturated carbocycles. The number of hydrogen-bond donors (Lipinski definition) is 4. The molecule has 1 unspecified atom stereocenters. The zero-order valence-electron chi connectivity index (χ0n) is 5.93. The zero-order valence-corrected chi connectivity index (χ0v) is 6.75. The Labute approximate surface area is 63.8 Å². The summed E-state index contributed by atoms with van der Waals surface area (Å²) in [6, 6.07) is 0. The molecule has 1 aliphatic heterocycles. The average molecular weight is 161 g/mol.